The number of nitrogens with one attached hydrogen (secondary N) is 1. The molecule has 3 nitrogen and oxygen atoms in total. The third-order valence-corrected chi connectivity index (χ3v) is 2.30. The van der Waals surface area contributed by atoms with Crippen LogP contribution in [-0.4, -0.2) is 18.1 Å². The Morgan fingerprint density at radius 1 is 1.08 bits per heavy atom. The van der Waals surface area contributed by atoms with Gasteiger partial charge in [0.1, 0.15) is 5.36 Å². The molecule has 0 bridgehead atoms. The first-order valence-electron chi connectivity index (χ1n) is 4.41. The number of benzene rings is 1. The van der Waals surface area contributed by atoms with Crippen LogP contribution in [0.3, 0.4) is 0 Å². The maximum atomic E-state index is 4.46. The van der Waals surface area contributed by atoms with Gasteiger partial charge in [0.25, 0.3) is 0 Å². The van der Waals surface area contributed by atoms with Crippen molar-refractivity contribution in [1.29, 1.82) is 0 Å². The van der Waals surface area contributed by atoms with Gasteiger partial charge in [0.2, 0.25) is 0 Å². The van der Waals surface area contributed by atoms with E-state index in [0.717, 1.165) is 29.5 Å². The summed E-state index contributed by atoms with van der Waals surface area (Å²) in [5.74, 6) is 0. The summed E-state index contributed by atoms with van der Waals surface area (Å²) >= 11 is 0. The van der Waals surface area contributed by atoms with Crippen LogP contribution in [0.25, 0.3) is 10.9 Å². The number of H-pyrrole nitrogens is 1. The summed E-state index contributed by atoms with van der Waals surface area (Å²) in [5.41, 5.74) is 2.06. The van der Waals surface area contributed by atoms with Crippen molar-refractivity contribution in [3.63, 3.8) is 0 Å². The minimum atomic E-state index is 0.805. The largest absolute Gasteiger partial charge is 0.338 e. The van der Waals surface area contributed by atoms with Crippen molar-refractivity contribution in [1.82, 2.24) is 4.98 Å². The fraction of sp³-hybridized carbons (Fsp3) is 0.200. The highest BCUT2D eigenvalue weighted by atomic mass is 14.9. The Morgan fingerprint density at radius 2 is 1.92 bits per heavy atom. The molecule has 0 saturated carbocycles. The molecule has 13 heavy (non-hydrogen) atoms. The maximum Gasteiger partial charge on any atom is 0.152 e. The average molecular weight is 171 g/mol. The van der Waals surface area contributed by atoms with E-state index in [1.807, 2.05) is 12.1 Å². The van der Waals surface area contributed by atoms with Crippen LogP contribution in [0, 0.1) is 0 Å². The van der Waals surface area contributed by atoms with E-state index in [1.54, 1.807) is 0 Å². The normalized spacial score (nSPS) is 14.8. The van der Waals surface area contributed by atoms with E-state index in [-0.39, 0.29) is 0 Å². The Kier molecular flexibility index (Phi) is 1.27. The number of hydrogen-bond donors (Lipinski definition) is 1. The highest BCUT2D eigenvalue weighted by Gasteiger charge is 2.03. The molecule has 0 radical (unpaired) electrons. The predicted octanol–water partition coefficient (Wildman–Crippen LogP) is 0.421. The summed E-state index contributed by atoms with van der Waals surface area (Å²) in [6, 6.07) is 8.18. The summed E-state index contributed by atoms with van der Waals surface area (Å²) in [5, 5.41) is 2.21. The second-order valence-electron chi connectivity index (χ2n) is 3.13. The molecule has 1 aromatic carbocycles. The summed E-state index contributed by atoms with van der Waals surface area (Å²) in [4.78, 5) is 12.1. The Bertz CT molecular complexity index is 565. The average Bonchev–Trinajstić information content (AvgIpc) is 2.56. The zero-order valence-corrected chi connectivity index (χ0v) is 7.12. The lowest BCUT2D eigenvalue weighted by atomic mass is 10.2. The van der Waals surface area contributed by atoms with Crippen molar-refractivity contribution in [3.05, 3.63) is 35.1 Å². The first kappa shape index (κ1) is 6.83. The topological polar surface area (TPSA) is 40.5 Å². The van der Waals surface area contributed by atoms with Gasteiger partial charge in [0, 0.05) is 10.9 Å². The van der Waals surface area contributed by atoms with Gasteiger partial charge in [-0.15, -0.1) is 0 Å². The number of rotatable bonds is 0. The monoisotopic (exact) mass is 171 g/mol. The highest BCUT2D eigenvalue weighted by molar-refractivity contribution is 5.78. The third kappa shape index (κ3) is 0.900. The van der Waals surface area contributed by atoms with Gasteiger partial charge in [-0.3, -0.25) is 9.98 Å². The lowest BCUT2D eigenvalue weighted by molar-refractivity contribution is 0.855. The van der Waals surface area contributed by atoms with Crippen LogP contribution in [0.4, 0.5) is 0 Å². The van der Waals surface area contributed by atoms with Crippen LogP contribution in [-0.2, 0) is 0 Å². The molecule has 0 amide bonds. The Hall–Kier alpha value is -1.64. The van der Waals surface area contributed by atoms with Gasteiger partial charge in [-0.1, -0.05) is 18.2 Å². The molecule has 0 spiro atoms. The summed E-state index contributed by atoms with van der Waals surface area (Å²) in [6.45, 7) is 1.62. The van der Waals surface area contributed by atoms with Crippen molar-refractivity contribution >= 4 is 10.9 Å². The fourth-order valence-electron chi connectivity index (χ4n) is 1.71. The molecule has 3 heteroatoms. The van der Waals surface area contributed by atoms with Crippen molar-refractivity contribution in [3.8, 4) is 0 Å². The second kappa shape index (κ2) is 2.42. The van der Waals surface area contributed by atoms with E-state index in [2.05, 4.69) is 27.1 Å². The first-order chi connectivity index (χ1) is 6.45. The van der Waals surface area contributed by atoms with Crippen LogP contribution in [0.15, 0.2) is 34.3 Å². The van der Waals surface area contributed by atoms with E-state index < -0.39 is 0 Å². The van der Waals surface area contributed by atoms with Crippen LogP contribution in [0.5, 0.6) is 0 Å². The summed E-state index contributed by atoms with van der Waals surface area (Å²) in [7, 11) is 0. The van der Waals surface area contributed by atoms with Crippen molar-refractivity contribution < 1.29 is 0 Å². The lowest BCUT2D eigenvalue weighted by Crippen LogP contribution is -2.28. The number of para-hydroxylation sites is 1. The Balaban J connectivity index is 2.63. The molecule has 1 aromatic heterocycles. The van der Waals surface area contributed by atoms with Gasteiger partial charge >= 0.3 is 0 Å². The van der Waals surface area contributed by atoms with Gasteiger partial charge in [-0.05, 0) is 6.07 Å². The van der Waals surface area contributed by atoms with Crippen LogP contribution in [0.1, 0.15) is 0 Å². The number of hydrogen-bond acceptors (Lipinski definition) is 2. The summed E-state index contributed by atoms with van der Waals surface area (Å²) < 4.78 is 0. The molecule has 64 valence electrons. The first-order valence-corrected chi connectivity index (χ1v) is 4.41. The van der Waals surface area contributed by atoms with E-state index in [1.165, 1.54) is 5.39 Å². The molecular formula is C10H9N3. The Morgan fingerprint density at radius 3 is 2.92 bits per heavy atom. The smallest absolute Gasteiger partial charge is 0.152 e. The molecule has 0 saturated heterocycles. The fourth-order valence-corrected chi connectivity index (χ4v) is 1.71. The predicted molar refractivity (Wildman–Crippen MR) is 50.3 cm³/mol. The quantitative estimate of drug-likeness (QED) is 0.597. The number of aromatic amines is 1. The number of aromatic nitrogens is 1. The minimum Gasteiger partial charge on any atom is -0.338 e. The van der Waals surface area contributed by atoms with Gasteiger partial charge < -0.3 is 4.98 Å². The SMILES string of the molecule is c1ccc2c3c([nH]c2c1)=NCCN=3. The van der Waals surface area contributed by atoms with E-state index in [9.17, 15) is 0 Å². The summed E-state index contributed by atoms with van der Waals surface area (Å²) in [6.07, 6.45) is 0. The van der Waals surface area contributed by atoms with Crippen LogP contribution in [0.2, 0.25) is 0 Å². The molecule has 1 aliphatic heterocycles. The van der Waals surface area contributed by atoms with Gasteiger partial charge in [0.05, 0.1) is 13.1 Å². The van der Waals surface area contributed by atoms with E-state index in [0.29, 0.717) is 0 Å². The van der Waals surface area contributed by atoms with Gasteiger partial charge in [-0.25, -0.2) is 0 Å². The zero-order valence-electron chi connectivity index (χ0n) is 7.12. The second-order valence-corrected chi connectivity index (χ2v) is 3.13. The van der Waals surface area contributed by atoms with Crippen LogP contribution >= 0.6 is 0 Å². The number of nitrogens with zero attached hydrogens (tertiary/aromatic N) is 2. The maximum absolute atomic E-state index is 4.46. The standard InChI is InChI=1S/C10H9N3/c1-2-4-8-7(3-1)9-10(13-8)12-6-5-11-9/h1-4H,5-6H2,(H,12,13). The molecule has 1 aliphatic rings. The van der Waals surface area contributed by atoms with Gasteiger partial charge in [-0.2, -0.15) is 0 Å². The Labute approximate surface area is 74.8 Å². The van der Waals surface area contributed by atoms with E-state index >= 15 is 0 Å². The third-order valence-electron chi connectivity index (χ3n) is 2.30. The molecular weight excluding hydrogens is 162 g/mol. The molecule has 0 fully saturated rings. The molecule has 2 aromatic rings. The van der Waals surface area contributed by atoms with Crippen molar-refractivity contribution in [2.75, 3.05) is 13.1 Å². The zero-order chi connectivity index (χ0) is 8.67. The molecule has 0 atom stereocenters. The van der Waals surface area contributed by atoms with E-state index in [4.69, 9.17) is 0 Å². The minimum absolute atomic E-state index is 0.805. The van der Waals surface area contributed by atoms with Gasteiger partial charge in [0.15, 0.2) is 5.49 Å². The molecule has 1 N–H and O–H groups in total. The molecule has 2 heterocycles. The molecule has 3 rings (SSSR count). The number of fused-ring (bicyclic) bond motifs is 3. The lowest BCUT2D eigenvalue weighted by Gasteiger charge is -1.92. The van der Waals surface area contributed by atoms with Crippen molar-refractivity contribution in [2.45, 2.75) is 0 Å². The molecule has 0 aliphatic carbocycles. The highest BCUT2D eigenvalue weighted by Crippen LogP contribution is 2.03. The molecule has 0 unspecified atom stereocenters. The van der Waals surface area contributed by atoms with Crippen LogP contribution < -0.4 is 10.8 Å². The van der Waals surface area contributed by atoms with Crippen molar-refractivity contribution in [2.24, 2.45) is 9.98 Å².